The van der Waals surface area contributed by atoms with Crippen LogP contribution >= 0.6 is 0 Å². The number of benzene rings is 1. The Morgan fingerprint density at radius 3 is 2.86 bits per heavy atom. The first-order chi connectivity index (χ1) is 10.4. The maximum absolute atomic E-state index is 12.1. The lowest BCUT2D eigenvalue weighted by atomic mass is 9.96. The van der Waals surface area contributed by atoms with Crippen molar-refractivity contribution in [3.63, 3.8) is 0 Å². The van der Waals surface area contributed by atoms with Gasteiger partial charge in [0.2, 0.25) is 15.9 Å². The molecule has 1 heterocycles. The van der Waals surface area contributed by atoms with Crippen molar-refractivity contribution in [1.82, 2.24) is 9.62 Å². The first-order valence-corrected chi connectivity index (χ1v) is 9.12. The molecule has 1 aliphatic rings. The largest absolute Gasteiger partial charge is 0.492 e. The zero-order valence-electron chi connectivity index (χ0n) is 12.9. The third-order valence-corrected chi connectivity index (χ3v) is 5.08. The van der Waals surface area contributed by atoms with E-state index in [1.165, 1.54) is 17.6 Å². The van der Waals surface area contributed by atoms with Crippen LogP contribution < -0.4 is 10.1 Å². The molecule has 1 aliphatic heterocycles. The number of para-hydroxylation sites is 1. The van der Waals surface area contributed by atoms with E-state index in [1.54, 1.807) is 0 Å². The van der Waals surface area contributed by atoms with Gasteiger partial charge in [0, 0.05) is 20.1 Å². The van der Waals surface area contributed by atoms with E-state index in [0.29, 0.717) is 32.5 Å². The summed E-state index contributed by atoms with van der Waals surface area (Å²) in [7, 11) is -1.63. The normalized spacial score (nSPS) is 17.7. The van der Waals surface area contributed by atoms with E-state index >= 15 is 0 Å². The molecule has 0 aromatic heterocycles. The lowest BCUT2D eigenvalue weighted by Gasteiger charge is -2.24. The highest BCUT2D eigenvalue weighted by molar-refractivity contribution is 7.88. The summed E-state index contributed by atoms with van der Waals surface area (Å²) >= 11 is 0. The fourth-order valence-electron chi connectivity index (χ4n) is 2.32. The second-order valence-corrected chi connectivity index (χ2v) is 7.64. The van der Waals surface area contributed by atoms with Crippen molar-refractivity contribution in [3.8, 4) is 5.75 Å². The Kier molecular flexibility index (Phi) is 5.42. The van der Waals surface area contributed by atoms with Gasteiger partial charge in [0.15, 0.2) is 0 Å². The highest BCUT2D eigenvalue weighted by atomic mass is 32.2. The van der Waals surface area contributed by atoms with E-state index in [0.717, 1.165) is 11.3 Å². The lowest BCUT2D eigenvalue weighted by molar-refractivity contribution is -0.126. The van der Waals surface area contributed by atoms with E-state index in [1.807, 2.05) is 24.3 Å². The maximum Gasteiger partial charge on any atom is 0.226 e. The maximum atomic E-state index is 12.1. The Morgan fingerprint density at radius 1 is 1.41 bits per heavy atom. The Labute approximate surface area is 131 Å². The minimum Gasteiger partial charge on any atom is -0.492 e. The van der Waals surface area contributed by atoms with Crippen LogP contribution in [0.2, 0.25) is 0 Å². The molecule has 22 heavy (non-hydrogen) atoms. The first kappa shape index (κ1) is 16.8. The summed E-state index contributed by atoms with van der Waals surface area (Å²) < 4.78 is 29.4. The van der Waals surface area contributed by atoms with Crippen molar-refractivity contribution in [1.29, 1.82) is 0 Å². The average molecular weight is 326 g/mol. The molecule has 0 saturated carbocycles. The predicted molar refractivity (Wildman–Crippen MR) is 84.2 cm³/mol. The second-order valence-electron chi connectivity index (χ2n) is 5.55. The number of carbonyl (C=O) groups is 1. The SMILES string of the molecule is CN(CCCNC(=O)[C@H]1COc2ccccc2C1)S(C)(=O)=O. The number of hydrogen-bond acceptors (Lipinski definition) is 4. The molecule has 0 radical (unpaired) electrons. The summed E-state index contributed by atoms with van der Waals surface area (Å²) in [5.74, 6) is 0.611. The standard InChI is InChI=1S/C15H22N2O4S/c1-17(22(2,19)20)9-5-8-16-15(18)13-10-12-6-3-4-7-14(12)21-11-13/h3-4,6-7,13H,5,8-11H2,1-2H3,(H,16,18)/t13-/m1/s1. The van der Waals surface area contributed by atoms with Crippen molar-refractivity contribution in [2.24, 2.45) is 5.92 Å². The smallest absolute Gasteiger partial charge is 0.226 e. The summed E-state index contributed by atoms with van der Waals surface area (Å²) in [6.45, 7) is 1.23. The molecule has 0 unspecified atom stereocenters. The number of sulfonamides is 1. The molecule has 122 valence electrons. The van der Waals surface area contributed by atoms with E-state index in [9.17, 15) is 13.2 Å². The van der Waals surface area contributed by atoms with Crippen LogP contribution in [-0.4, -0.2) is 51.6 Å². The van der Waals surface area contributed by atoms with Crippen LogP contribution in [0.4, 0.5) is 0 Å². The average Bonchev–Trinajstić information content (AvgIpc) is 2.49. The number of rotatable bonds is 6. The summed E-state index contributed by atoms with van der Waals surface area (Å²) in [6, 6.07) is 7.72. The van der Waals surface area contributed by atoms with E-state index in [2.05, 4.69) is 5.32 Å². The number of fused-ring (bicyclic) bond motifs is 1. The molecule has 0 aliphatic carbocycles. The van der Waals surface area contributed by atoms with Gasteiger partial charge in [0.25, 0.3) is 0 Å². The van der Waals surface area contributed by atoms with Gasteiger partial charge in [-0.1, -0.05) is 18.2 Å². The molecular formula is C15H22N2O4S. The fraction of sp³-hybridized carbons (Fsp3) is 0.533. The van der Waals surface area contributed by atoms with Crippen LogP contribution in [0.15, 0.2) is 24.3 Å². The number of ether oxygens (including phenoxy) is 1. The molecule has 7 heteroatoms. The van der Waals surface area contributed by atoms with Crippen molar-refractivity contribution in [2.45, 2.75) is 12.8 Å². The molecule has 1 aromatic rings. The molecule has 0 bridgehead atoms. The third-order valence-electron chi connectivity index (χ3n) is 3.76. The van der Waals surface area contributed by atoms with Gasteiger partial charge in [0.1, 0.15) is 12.4 Å². The lowest BCUT2D eigenvalue weighted by Crippen LogP contribution is -2.38. The second kappa shape index (κ2) is 7.11. The predicted octanol–water partition coefficient (Wildman–Crippen LogP) is 0.635. The molecule has 0 saturated heterocycles. The molecule has 6 nitrogen and oxygen atoms in total. The van der Waals surface area contributed by atoms with Crippen molar-refractivity contribution < 1.29 is 17.9 Å². The summed E-state index contributed by atoms with van der Waals surface area (Å²) in [5, 5.41) is 2.85. The van der Waals surface area contributed by atoms with Gasteiger partial charge >= 0.3 is 0 Å². The summed E-state index contributed by atoms with van der Waals surface area (Å²) in [4.78, 5) is 12.1. The molecule has 0 fully saturated rings. The molecule has 1 N–H and O–H groups in total. The molecule has 1 amide bonds. The van der Waals surface area contributed by atoms with Gasteiger partial charge in [-0.2, -0.15) is 0 Å². The highest BCUT2D eigenvalue weighted by Gasteiger charge is 2.25. The number of amides is 1. The Morgan fingerprint density at radius 2 is 2.14 bits per heavy atom. The van der Waals surface area contributed by atoms with Crippen LogP contribution in [0.5, 0.6) is 5.75 Å². The molecule has 1 aromatic carbocycles. The van der Waals surface area contributed by atoms with Gasteiger partial charge in [0.05, 0.1) is 12.2 Å². The van der Waals surface area contributed by atoms with Crippen LogP contribution in [0.3, 0.4) is 0 Å². The van der Waals surface area contributed by atoms with Gasteiger partial charge in [-0.25, -0.2) is 12.7 Å². The van der Waals surface area contributed by atoms with Crippen LogP contribution in [0.1, 0.15) is 12.0 Å². The topological polar surface area (TPSA) is 75.7 Å². The van der Waals surface area contributed by atoms with Crippen molar-refractivity contribution in [2.75, 3.05) is 33.0 Å². The number of nitrogens with one attached hydrogen (secondary N) is 1. The molecular weight excluding hydrogens is 304 g/mol. The minimum atomic E-state index is -3.16. The van der Waals surface area contributed by atoms with Crippen LogP contribution in [-0.2, 0) is 21.2 Å². The van der Waals surface area contributed by atoms with Crippen molar-refractivity contribution in [3.05, 3.63) is 29.8 Å². The summed E-state index contributed by atoms with van der Waals surface area (Å²) in [5.41, 5.74) is 1.05. The van der Waals surface area contributed by atoms with Gasteiger partial charge in [-0.05, 0) is 24.5 Å². The van der Waals surface area contributed by atoms with Crippen molar-refractivity contribution >= 4 is 15.9 Å². The zero-order valence-corrected chi connectivity index (χ0v) is 13.7. The number of nitrogens with zero attached hydrogens (tertiary/aromatic N) is 1. The fourth-order valence-corrected chi connectivity index (χ4v) is 2.78. The third kappa shape index (κ3) is 4.45. The monoisotopic (exact) mass is 326 g/mol. The van der Waals surface area contributed by atoms with Crippen LogP contribution in [0.25, 0.3) is 0 Å². The van der Waals surface area contributed by atoms with E-state index in [-0.39, 0.29) is 11.8 Å². The van der Waals surface area contributed by atoms with Gasteiger partial charge in [-0.3, -0.25) is 4.79 Å². The Hall–Kier alpha value is -1.60. The highest BCUT2D eigenvalue weighted by Crippen LogP contribution is 2.26. The summed E-state index contributed by atoms with van der Waals surface area (Å²) in [6.07, 6.45) is 2.42. The quantitative estimate of drug-likeness (QED) is 0.778. The minimum absolute atomic E-state index is 0.0449. The molecule has 2 rings (SSSR count). The Balaban J connectivity index is 1.75. The molecule has 1 atom stereocenters. The van der Waals surface area contributed by atoms with Gasteiger partial charge in [-0.15, -0.1) is 0 Å². The number of hydrogen-bond donors (Lipinski definition) is 1. The Bertz CT molecular complexity index is 630. The first-order valence-electron chi connectivity index (χ1n) is 7.27. The zero-order chi connectivity index (χ0) is 16.2. The number of carbonyl (C=O) groups excluding carboxylic acids is 1. The van der Waals surface area contributed by atoms with E-state index < -0.39 is 10.0 Å². The molecule has 0 spiro atoms. The van der Waals surface area contributed by atoms with Crippen LogP contribution in [0, 0.1) is 5.92 Å². The van der Waals surface area contributed by atoms with Gasteiger partial charge < -0.3 is 10.1 Å². The van der Waals surface area contributed by atoms with E-state index in [4.69, 9.17) is 4.74 Å².